The quantitative estimate of drug-likeness (QED) is 0.750. The van der Waals surface area contributed by atoms with Crippen molar-refractivity contribution >= 4 is 11.7 Å². The number of fused-ring (bicyclic) bond motifs is 1. The number of benzene rings is 1. The fraction of sp³-hybridized carbons (Fsp3) is 0.429. The lowest BCUT2D eigenvalue weighted by molar-refractivity contribution is -0.136. The van der Waals surface area contributed by atoms with E-state index in [9.17, 15) is 9.59 Å². The zero-order valence-electron chi connectivity index (χ0n) is 10.1. The molecule has 0 N–H and O–H groups in total. The van der Waals surface area contributed by atoms with Crippen LogP contribution in [-0.4, -0.2) is 36.3 Å². The Hall–Kier alpha value is -1.84. The van der Waals surface area contributed by atoms with Crippen molar-refractivity contribution in [1.82, 2.24) is 4.90 Å². The van der Waals surface area contributed by atoms with Gasteiger partial charge in [0.15, 0.2) is 0 Å². The number of nitrogens with zero attached hydrogens (tertiary/aromatic N) is 1. The Kier molecular flexibility index (Phi) is 2.78. The second-order valence-electron chi connectivity index (χ2n) is 4.77. The summed E-state index contributed by atoms with van der Waals surface area (Å²) in [5, 5.41) is 0. The second kappa shape index (κ2) is 4.44. The van der Waals surface area contributed by atoms with Crippen LogP contribution >= 0.6 is 0 Å². The zero-order valence-corrected chi connectivity index (χ0v) is 10.1. The Balaban J connectivity index is 1.76. The smallest absolute Gasteiger partial charge is 0.233 e. The standard InChI is InChI=1S/C14H15NO3/c16-10-5-7-15(8-6-10)14(17)12-9-18-13-4-2-1-3-11(12)13/h1-4,12H,5-9H2. The number of rotatable bonds is 1. The van der Waals surface area contributed by atoms with Crippen molar-refractivity contribution in [2.75, 3.05) is 19.7 Å². The third-order valence-corrected chi connectivity index (χ3v) is 3.63. The molecule has 2 aliphatic rings. The molecule has 94 valence electrons. The molecule has 0 aromatic heterocycles. The highest BCUT2D eigenvalue weighted by atomic mass is 16.5. The first-order valence-electron chi connectivity index (χ1n) is 6.28. The number of hydrogen-bond donors (Lipinski definition) is 0. The van der Waals surface area contributed by atoms with Gasteiger partial charge in [-0.3, -0.25) is 9.59 Å². The molecule has 1 fully saturated rings. The van der Waals surface area contributed by atoms with Crippen LogP contribution in [0.5, 0.6) is 5.75 Å². The summed E-state index contributed by atoms with van der Waals surface area (Å²) < 4.78 is 5.53. The Morgan fingerprint density at radius 2 is 1.94 bits per heavy atom. The monoisotopic (exact) mass is 245 g/mol. The molecule has 2 heterocycles. The van der Waals surface area contributed by atoms with Gasteiger partial charge >= 0.3 is 0 Å². The van der Waals surface area contributed by atoms with E-state index in [2.05, 4.69) is 0 Å². The van der Waals surface area contributed by atoms with Crippen molar-refractivity contribution in [2.45, 2.75) is 18.8 Å². The van der Waals surface area contributed by atoms with Gasteiger partial charge in [0.2, 0.25) is 5.91 Å². The number of carbonyl (C=O) groups excluding carboxylic acids is 2. The number of carbonyl (C=O) groups is 2. The first-order valence-corrected chi connectivity index (χ1v) is 6.28. The largest absolute Gasteiger partial charge is 0.492 e. The normalized spacial score (nSPS) is 22.6. The molecule has 2 aliphatic heterocycles. The van der Waals surface area contributed by atoms with Crippen molar-refractivity contribution < 1.29 is 14.3 Å². The molecule has 4 nitrogen and oxygen atoms in total. The maximum Gasteiger partial charge on any atom is 0.233 e. The lowest BCUT2D eigenvalue weighted by atomic mass is 9.98. The number of hydrogen-bond acceptors (Lipinski definition) is 3. The fourth-order valence-electron chi connectivity index (χ4n) is 2.56. The minimum absolute atomic E-state index is 0.0902. The van der Waals surface area contributed by atoms with Crippen LogP contribution in [-0.2, 0) is 9.59 Å². The average molecular weight is 245 g/mol. The molecule has 1 amide bonds. The molecule has 0 bridgehead atoms. The summed E-state index contributed by atoms with van der Waals surface area (Å²) >= 11 is 0. The van der Waals surface area contributed by atoms with Gasteiger partial charge in [-0.2, -0.15) is 0 Å². The Bertz CT molecular complexity index is 488. The molecule has 1 unspecified atom stereocenters. The van der Waals surface area contributed by atoms with Gasteiger partial charge in [-0.15, -0.1) is 0 Å². The first kappa shape index (κ1) is 11.3. The molecule has 18 heavy (non-hydrogen) atoms. The van der Waals surface area contributed by atoms with Gasteiger partial charge in [-0.05, 0) is 6.07 Å². The number of Topliss-reactive ketones (excluding diaryl/α,β-unsaturated/α-hetero) is 1. The van der Waals surface area contributed by atoms with E-state index in [1.165, 1.54) is 0 Å². The molecule has 1 saturated heterocycles. The molecule has 0 spiro atoms. The van der Waals surface area contributed by atoms with E-state index in [-0.39, 0.29) is 17.6 Å². The first-order chi connectivity index (χ1) is 8.75. The highest BCUT2D eigenvalue weighted by Crippen LogP contribution is 2.34. The summed E-state index contributed by atoms with van der Waals surface area (Å²) in [6.45, 7) is 1.52. The fourth-order valence-corrected chi connectivity index (χ4v) is 2.56. The molecular weight excluding hydrogens is 230 g/mol. The van der Waals surface area contributed by atoms with Gasteiger partial charge in [0.25, 0.3) is 0 Å². The maximum absolute atomic E-state index is 12.4. The summed E-state index contributed by atoms with van der Waals surface area (Å²) in [6.07, 6.45) is 0.974. The van der Waals surface area contributed by atoms with E-state index in [4.69, 9.17) is 4.74 Å². The molecular formula is C14H15NO3. The van der Waals surface area contributed by atoms with E-state index in [0.29, 0.717) is 32.5 Å². The predicted molar refractivity (Wildman–Crippen MR) is 65.5 cm³/mol. The highest BCUT2D eigenvalue weighted by Gasteiger charge is 2.34. The second-order valence-corrected chi connectivity index (χ2v) is 4.77. The van der Waals surface area contributed by atoms with Gasteiger partial charge < -0.3 is 9.64 Å². The topological polar surface area (TPSA) is 46.6 Å². The van der Waals surface area contributed by atoms with Crippen molar-refractivity contribution in [3.8, 4) is 5.75 Å². The lowest BCUT2D eigenvalue weighted by Crippen LogP contribution is -2.41. The van der Waals surface area contributed by atoms with Gasteiger partial charge in [0.1, 0.15) is 24.1 Å². The molecule has 1 aromatic rings. The summed E-state index contributed by atoms with van der Waals surface area (Å²) in [4.78, 5) is 25.4. The minimum Gasteiger partial charge on any atom is -0.492 e. The molecule has 0 saturated carbocycles. The molecule has 0 radical (unpaired) electrons. The number of ketones is 1. The van der Waals surface area contributed by atoms with Gasteiger partial charge in [0, 0.05) is 31.5 Å². The van der Waals surface area contributed by atoms with Crippen molar-refractivity contribution in [2.24, 2.45) is 0 Å². The molecule has 1 atom stereocenters. The number of para-hydroxylation sites is 1. The van der Waals surface area contributed by atoms with E-state index in [1.807, 2.05) is 24.3 Å². The van der Waals surface area contributed by atoms with Crippen LogP contribution in [0.25, 0.3) is 0 Å². The maximum atomic E-state index is 12.4. The average Bonchev–Trinajstić information content (AvgIpc) is 2.82. The van der Waals surface area contributed by atoms with Gasteiger partial charge in [-0.1, -0.05) is 18.2 Å². The van der Waals surface area contributed by atoms with Crippen LogP contribution in [0.2, 0.25) is 0 Å². The highest BCUT2D eigenvalue weighted by molar-refractivity contribution is 5.88. The van der Waals surface area contributed by atoms with E-state index >= 15 is 0 Å². The third kappa shape index (κ3) is 1.88. The molecule has 4 heteroatoms. The lowest BCUT2D eigenvalue weighted by Gasteiger charge is -2.28. The SMILES string of the molecule is O=C1CCN(C(=O)C2COc3ccccc32)CC1. The minimum atomic E-state index is -0.200. The number of piperidine rings is 1. The Morgan fingerprint density at radius 3 is 2.72 bits per heavy atom. The summed E-state index contributed by atoms with van der Waals surface area (Å²) in [5.74, 6) is 0.952. The Morgan fingerprint density at radius 1 is 1.22 bits per heavy atom. The molecule has 3 rings (SSSR count). The molecule has 1 aromatic carbocycles. The van der Waals surface area contributed by atoms with Crippen LogP contribution in [0.4, 0.5) is 0 Å². The van der Waals surface area contributed by atoms with E-state index < -0.39 is 0 Å². The number of ether oxygens (including phenoxy) is 1. The van der Waals surface area contributed by atoms with Crippen molar-refractivity contribution in [3.63, 3.8) is 0 Å². The number of amides is 1. The van der Waals surface area contributed by atoms with Gasteiger partial charge in [0.05, 0.1) is 0 Å². The van der Waals surface area contributed by atoms with Crippen LogP contribution in [0.1, 0.15) is 24.3 Å². The van der Waals surface area contributed by atoms with Crippen LogP contribution in [0.3, 0.4) is 0 Å². The van der Waals surface area contributed by atoms with Crippen LogP contribution in [0, 0.1) is 0 Å². The molecule has 0 aliphatic carbocycles. The van der Waals surface area contributed by atoms with Crippen LogP contribution in [0.15, 0.2) is 24.3 Å². The van der Waals surface area contributed by atoms with E-state index in [1.54, 1.807) is 4.90 Å². The summed E-state index contributed by atoms with van der Waals surface area (Å²) in [7, 11) is 0. The predicted octanol–water partition coefficient (Wildman–Crippen LogP) is 1.35. The summed E-state index contributed by atoms with van der Waals surface area (Å²) in [6, 6.07) is 7.67. The zero-order chi connectivity index (χ0) is 12.5. The summed E-state index contributed by atoms with van der Waals surface area (Å²) in [5.41, 5.74) is 0.972. The Labute approximate surface area is 106 Å². The van der Waals surface area contributed by atoms with E-state index in [0.717, 1.165) is 11.3 Å². The third-order valence-electron chi connectivity index (χ3n) is 3.63. The van der Waals surface area contributed by atoms with Crippen molar-refractivity contribution in [1.29, 1.82) is 0 Å². The van der Waals surface area contributed by atoms with Crippen molar-refractivity contribution in [3.05, 3.63) is 29.8 Å². The van der Waals surface area contributed by atoms with Gasteiger partial charge in [-0.25, -0.2) is 0 Å². The number of likely N-dealkylation sites (tertiary alicyclic amines) is 1. The van der Waals surface area contributed by atoms with Crippen LogP contribution < -0.4 is 4.74 Å².